The van der Waals surface area contributed by atoms with E-state index in [4.69, 9.17) is 9.47 Å². The first-order valence-electron chi connectivity index (χ1n) is 7.56. The zero-order valence-corrected chi connectivity index (χ0v) is 15.5. The van der Waals surface area contributed by atoms with Crippen LogP contribution in [0, 0.1) is 24.0 Å². The van der Waals surface area contributed by atoms with Gasteiger partial charge in [-0.25, -0.2) is 0 Å². The van der Waals surface area contributed by atoms with Crippen molar-refractivity contribution in [2.24, 2.45) is 0 Å². The molecule has 1 aromatic carbocycles. The molecule has 0 aliphatic rings. The normalized spacial score (nSPS) is 11.7. The van der Waals surface area contributed by atoms with Crippen molar-refractivity contribution in [3.63, 3.8) is 0 Å². The second-order valence-corrected chi connectivity index (χ2v) is 6.82. The molecule has 1 unspecified atom stereocenters. The van der Waals surface area contributed by atoms with Crippen LogP contribution >= 0.6 is 11.3 Å². The van der Waals surface area contributed by atoms with Crippen LogP contribution in [0.1, 0.15) is 38.6 Å². The van der Waals surface area contributed by atoms with Gasteiger partial charge in [-0.2, -0.15) is 0 Å². The quantitative estimate of drug-likeness (QED) is 0.622. The number of benzene rings is 1. The summed E-state index contributed by atoms with van der Waals surface area (Å²) >= 11 is 1.11. The highest BCUT2D eigenvalue weighted by Gasteiger charge is 2.22. The molecule has 1 N–H and O–H groups in total. The van der Waals surface area contributed by atoms with Gasteiger partial charge in [-0.15, -0.1) is 11.3 Å². The molecule has 0 aliphatic heterocycles. The van der Waals surface area contributed by atoms with E-state index in [9.17, 15) is 14.9 Å². The van der Waals surface area contributed by atoms with E-state index in [0.717, 1.165) is 22.5 Å². The first kappa shape index (κ1) is 18.7. The van der Waals surface area contributed by atoms with E-state index in [0.29, 0.717) is 21.3 Å². The second kappa shape index (κ2) is 7.52. The van der Waals surface area contributed by atoms with Crippen molar-refractivity contribution in [3.8, 4) is 11.5 Å². The molecule has 0 radical (unpaired) electrons. The number of hydrogen-bond acceptors (Lipinski definition) is 6. The first-order chi connectivity index (χ1) is 11.8. The number of aryl methyl sites for hydroxylation is 2. The van der Waals surface area contributed by atoms with Crippen LogP contribution < -0.4 is 14.8 Å². The summed E-state index contributed by atoms with van der Waals surface area (Å²) in [5.74, 6) is 0.849. The Kier molecular flexibility index (Phi) is 5.63. The lowest BCUT2D eigenvalue weighted by Gasteiger charge is -2.18. The zero-order valence-electron chi connectivity index (χ0n) is 14.7. The number of carbonyl (C=O) groups excluding carboxylic acids is 1. The van der Waals surface area contributed by atoms with Crippen LogP contribution in [-0.2, 0) is 0 Å². The van der Waals surface area contributed by atoms with Gasteiger partial charge in [-0.05, 0) is 44.0 Å². The fourth-order valence-electron chi connectivity index (χ4n) is 2.57. The van der Waals surface area contributed by atoms with Crippen LogP contribution in [0.4, 0.5) is 5.69 Å². The van der Waals surface area contributed by atoms with Crippen LogP contribution in [0.15, 0.2) is 18.2 Å². The smallest absolute Gasteiger partial charge is 0.283 e. The number of nitrogens with one attached hydrogen (secondary N) is 1. The minimum Gasteiger partial charge on any atom is -0.493 e. The summed E-state index contributed by atoms with van der Waals surface area (Å²) in [6.45, 7) is 5.39. The maximum absolute atomic E-state index is 12.4. The maximum atomic E-state index is 12.4. The van der Waals surface area contributed by atoms with Gasteiger partial charge in [-0.3, -0.25) is 14.9 Å². The van der Waals surface area contributed by atoms with Crippen molar-refractivity contribution in [3.05, 3.63) is 49.2 Å². The molecule has 1 atom stereocenters. The molecule has 8 heteroatoms. The fraction of sp³-hybridized carbons (Fsp3) is 0.353. The Bertz CT molecular complexity index is 816. The third-order valence-corrected chi connectivity index (χ3v) is 4.94. The Labute approximate surface area is 149 Å². The molecule has 1 aromatic heterocycles. The number of hydrogen-bond donors (Lipinski definition) is 1. The van der Waals surface area contributed by atoms with Gasteiger partial charge in [-0.1, -0.05) is 0 Å². The molecule has 1 heterocycles. The lowest BCUT2D eigenvalue weighted by Crippen LogP contribution is -2.26. The van der Waals surface area contributed by atoms with Crippen LogP contribution in [0.5, 0.6) is 11.5 Å². The van der Waals surface area contributed by atoms with Gasteiger partial charge >= 0.3 is 0 Å². The highest BCUT2D eigenvalue weighted by atomic mass is 32.1. The number of ether oxygens (including phenoxy) is 2. The van der Waals surface area contributed by atoms with Crippen LogP contribution in [0.3, 0.4) is 0 Å². The summed E-state index contributed by atoms with van der Waals surface area (Å²) in [5.41, 5.74) is 1.79. The second-order valence-electron chi connectivity index (χ2n) is 5.57. The summed E-state index contributed by atoms with van der Waals surface area (Å²) in [5, 5.41) is 13.8. The molecule has 0 saturated heterocycles. The Morgan fingerprint density at radius 3 is 2.32 bits per heavy atom. The van der Waals surface area contributed by atoms with Crippen LogP contribution in [0.2, 0.25) is 0 Å². The van der Waals surface area contributed by atoms with Gasteiger partial charge in [0.1, 0.15) is 0 Å². The van der Waals surface area contributed by atoms with Gasteiger partial charge in [0, 0.05) is 6.07 Å². The predicted octanol–water partition coefficient (Wildman–Crippen LogP) is 3.78. The average molecular weight is 364 g/mol. The number of carbonyl (C=O) groups is 1. The molecule has 0 spiro atoms. The van der Waals surface area contributed by atoms with Gasteiger partial charge in [0.05, 0.1) is 34.9 Å². The van der Waals surface area contributed by atoms with Crippen molar-refractivity contribution in [1.29, 1.82) is 0 Å². The standard InChI is InChI=1S/C17H20N2O5S/c1-9-6-14(23-4)15(24-5)7-12(9)10(2)18-17(20)16-8-13(19(21)22)11(3)25-16/h6-8,10H,1-5H3,(H,18,20). The topological polar surface area (TPSA) is 90.7 Å². The van der Waals surface area contributed by atoms with E-state index in [2.05, 4.69) is 5.32 Å². The summed E-state index contributed by atoms with van der Waals surface area (Å²) < 4.78 is 10.6. The predicted molar refractivity (Wildman–Crippen MR) is 95.9 cm³/mol. The SMILES string of the molecule is COc1cc(C)c(C(C)NC(=O)c2cc([N+](=O)[O-])c(C)s2)cc1OC. The first-order valence-corrected chi connectivity index (χ1v) is 8.38. The van der Waals surface area contributed by atoms with E-state index in [1.807, 2.05) is 26.0 Å². The van der Waals surface area contributed by atoms with Crippen molar-refractivity contribution >= 4 is 22.9 Å². The van der Waals surface area contributed by atoms with Gasteiger partial charge in [0.25, 0.3) is 11.6 Å². The fourth-order valence-corrected chi connectivity index (χ4v) is 3.46. The minimum atomic E-state index is -0.482. The van der Waals surface area contributed by atoms with Crippen molar-refractivity contribution < 1.29 is 19.2 Å². The molecular weight excluding hydrogens is 344 g/mol. The van der Waals surface area contributed by atoms with Crippen LogP contribution in [-0.4, -0.2) is 25.1 Å². The molecule has 0 fully saturated rings. The van der Waals surface area contributed by atoms with E-state index >= 15 is 0 Å². The molecule has 0 saturated carbocycles. The summed E-state index contributed by atoms with van der Waals surface area (Å²) in [6, 6.07) is 4.68. The third-order valence-electron chi connectivity index (χ3n) is 3.90. The lowest BCUT2D eigenvalue weighted by atomic mass is 10.0. The monoisotopic (exact) mass is 364 g/mol. The Balaban J connectivity index is 2.24. The number of thiophene rings is 1. The van der Waals surface area contributed by atoms with Crippen LogP contribution in [0.25, 0.3) is 0 Å². The summed E-state index contributed by atoms with van der Waals surface area (Å²) in [7, 11) is 3.11. The molecular formula is C17H20N2O5S. The van der Waals surface area contributed by atoms with Gasteiger partial charge < -0.3 is 14.8 Å². The van der Waals surface area contributed by atoms with Crippen molar-refractivity contribution in [1.82, 2.24) is 5.32 Å². The summed E-state index contributed by atoms with van der Waals surface area (Å²) in [4.78, 5) is 23.7. The molecule has 1 amide bonds. The molecule has 134 valence electrons. The number of amides is 1. The molecule has 2 rings (SSSR count). The molecule has 7 nitrogen and oxygen atoms in total. The maximum Gasteiger partial charge on any atom is 0.283 e. The van der Waals surface area contributed by atoms with E-state index < -0.39 is 4.92 Å². The Hall–Kier alpha value is -2.61. The summed E-state index contributed by atoms with van der Waals surface area (Å²) in [6.07, 6.45) is 0. The number of rotatable bonds is 6. The largest absolute Gasteiger partial charge is 0.493 e. The molecule has 25 heavy (non-hydrogen) atoms. The highest BCUT2D eigenvalue weighted by molar-refractivity contribution is 7.14. The van der Waals surface area contributed by atoms with Gasteiger partial charge in [0.15, 0.2) is 11.5 Å². The molecule has 0 bridgehead atoms. The molecule has 2 aromatic rings. The van der Waals surface area contributed by atoms with Gasteiger partial charge in [0.2, 0.25) is 0 Å². The number of methoxy groups -OCH3 is 2. The third kappa shape index (κ3) is 3.90. The zero-order chi connectivity index (χ0) is 18.7. The highest BCUT2D eigenvalue weighted by Crippen LogP contribution is 2.33. The minimum absolute atomic E-state index is 0.0369. The average Bonchev–Trinajstić information content (AvgIpc) is 2.96. The van der Waals surface area contributed by atoms with E-state index in [1.165, 1.54) is 6.07 Å². The van der Waals surface area contributed by atoms with E-state index in [1.54, 1.807) is 21.1 Å². The van der Waals surface area contributed by atoms with Crippen molar-refractivity contribution in [2.45, 2.75) is 26.8 Å². The molecule has 0 aliphatic carbocycles. The number of nitrogens with zero attached hydrogens (tertiary/aromatic N) is 1. The Morgan fingerprint density at radius 2 is 1.80 bits per heavy atom. The number of nitro groups is 1. The van der Waals surface area contributed by atoms with E-state index in [-0.39, 0.29) is 17.6 Å². The van der Waals surface area contributed by atoms with Crippen molar-refractivity contribution in [2.75, 3.05) is 14.2 Å². The lowest BCUT2D eigenvalue weighted by molar-refractivity contribution is -0.385. The Morgan fingerprint density at radius 1 is 1.20 bits per heavy atom.